The van der Waals surface area contributed by atoms with Gasteiger partial charge in [-0.3, -0.25) is 9.59 Å². The van der Waals surface area contributed by atoms with E-state index < -0.39 is 5.97 Å². The van der Waals surface area contributed by atoms with Crippen molar-refractivity contribution in [3.8, 4) is 0 Å². The Balaban J connectivity index is 1.49. The van der Waals surface area contributed by atoms with Crippen molar-refractivity contribution < 1.29 is 19.1 Å². The highest BCUT2D eigenvalue weighted by Crippen LogP contribution is 2.34. The molecule has 1 amide bonds. The molecule has 2 aromatic rings. The Morgan fingerprint density at radius 1 is 1.19 bits per heavy atom. The number of amides is 1. The van der Waals surface area contributed by atoms with Gasteiger partial charge in [0, 0.05) is 36.9 Å². The molecule has 1 N–H and O–H groups in total. The molecule has 1 fully saturated rings. The molecule has 0 aliphatic carbocycles. The van der Waals surface area contributed by atoms with Gasteiger partial charge in [-0.15, -0.1) is 0 Å². The third-order valence-electron chi connectivity index (χ3n) is 5.76. The summed E-state index contributed by atoms with van der Waals surface area (Å²) < 4.78 is 5.55. The maximum Gasteiger partial charge on any atom is 0.306 e. The maximum absolute atomic E-state index is 12.9. The number of likely N-dealkylation sites (tertiary alicyclic amines) is 1. The first kappa shape index (κ1) is 17.6. The summed E-state index contributed by atoms with van der Waals surface area (Å²) in [6, 6.07) is 10.6. The Morgan fingerprint density at radius 3 is 2.67 bits per heavy atom. The maximum atomic E-state index is 12.9. The van der Waals surface area contributed by atoms with E-state index in [0.29, 0.717) is 44.3 Å². The van der Waals surface area contributed by atoms with Crippen LogP contribution in [0.4, 0.5) is 5.69 Å². The second-order valence-corrected chi connectivity index (χ2v) is 7.49. The molecular formula is C21H24N2O4. The number of carboxylic acids is 1. The van der Waals surface area contributed by atoms with E-state index in [2.05, 4.69) is 30.0 Å². The van der Waals surface area contributed by atoms with Crippen molar-refractivity contribution in [3.63, 3.8) is 0 Å². The molecule has 0 bridgehead atoms. The Hall–Kier alpha value is -2.76. The number of carboxylic acid groups (broad SMARTS) is 1. The number of carbonyl (C=O) groups is 2. The Kier molecular flexibility index (Phi) is 4.64. The highest BCUT2D eigenvalue weighted by molar-refractivity contribution is 5.93. The molecule has 4 rings (SSSR count). The number of nitrogens with zero attached hydrogens (tertiary/aromatic N) is 2. The third kappa shape index (κ3) is 3.31. The van der Waals surface area contributed by atoms with Crippen molar-refractivity contribution in [2.45, 2.75) is 38.8 Å². The fourth-order valence-electron chi connectivity index (χ4n) is 4.18. The van der Waals surface area contributed by atoms with Gasteiger partial charge in [0.2, 0.25) is 0 Å². The zero-order valence-electron chi connectivity index (χ0n) is 15.4. The van der Waals surface area contributed by atoms with Crippen LogP contribution in [0.25, 0.3) is 0 Å². The highest BCUT2D eigenvalue weighted by atomic mass is 16.4. The summed E-state index contributed by atoms with van der Waals surface area (Å²) in [5.74, 6) is -0.895. The standard InChI is InChI=1S/C21H24N2O4/c1-14-12-16-4-2-3-5-18(16)23(14)13-17-8-11-27-19(17)20(24)22-9-6-15(7-10-22)21(25)26/h2-5,8,11,14-15H,6-7,9-10,12-13H2,1H3,(H,25,26). The van der Waals surface area contributed by atoms with Gasteiger partial charge in [-0.05, 0) is 43.9 Å². The van der Waals surface area contributed by atoms with E-state index in [1.807, 2.05) is 12.1 Å². The molecule has 1 aromatic carbocycles. The SMILES string of the molecule is CC1Cc2ccccc2N1Cc1ccoc1C(=O)N1CCC(C(=O)O)CC1. The summed E-state index contributed by atoms with van der Waals surface area (Å²) in [5, 5.41) is 9.13. The molecule has 0 spiro atoms. The molecule has 2 aliphatic rings. The Labute approximate surface area is 158 Å². The van der Waals surface area contributed by atoms with Gasteiger partial charge in [0.1, 0.15) is 0 Å². The lowest BCUT2D eigenvalue weighted by atomic mass is 9.97. The van der Waals surface area contributed by atoms with Crippen molar-refractivity contribution in [2.24, 2.45) is 5.92 Å². The van der Waals surface area contributed by atoms with Crippen LogP contribution in [0.15, 0.2) is 41.0 Å². The van der Waals surface area contributed by atoms with E-state index in [1.54, 1.807) is 11.2 Å². The summed E-state index contributed by atoms with van der Waals surface area (Å²) >= 11 is 0. The molecule has 1 saturated heterocycles. The van der Waals surface area contributed by atoms with Crippen LogP contribution in [0.3, 0.4) is 0 Å². The summed E-state index contributed by atoms with van der Waals surface area (Å²) in [4.78, 5) is 28.1. The predicted molar refractivity (Wildman–Crippen MR) is 101 cm³/mol. The number of para-hydroxylation sites is 1. The molecule has 27 heavy (non-hydrogen) atoms. The average Bonchev–Trinajstić information content (AvgIpc) is 3.26. The van der Waals surface area contributed by atoms with Gasteiger partial charge in [0.05, 0.1) is 12.2 Å². The number of piperidine rings is 1. The van der Waals surface area contributed by atoms with E-state index in [4.69, 9.17) is 9.52 Å². The van der Waals surface area contributed by atoms with Crippen molar-refractivity contribution in [1.82, 2.24) is 4.90 Å². The number of furan rings is 1. The number of hydrogen-bond acceptors (Lipinski definition) is 4. The van der Waals surface area contributed by atoms with Gasteiger partial charge in [0.25, 0.3) is 5.91 Å². The van der Waals surface area contributed by atoms with Gasteiger partial charge in [-0.25, -0.2) is 0 Å². The molecule has 3 heterocycles. The number of hydrogen-bond donors (Lipinski definition) is 1. The highest BCUT2D eigenvalue weighted by Gasteiger charge is 2.31. The number of fused-ring (bicyclic) bond motifs is 1. The van der Waals surface area contributed by atoms with Gasteiger partial charge >= 0.3 is 5.97 Å². The first-order valence-corrected chi connectivity index (χ1v) is 9.47. The van der Waals surface area contributed by atoms with Crippen LogP contribution in [0, 0.1) is 5.92 Å². The number of aliphatic carboxylic acids is 1. The smallest absolute Gasteiger partial charge is 0.306 e. The second-order valence-electron chi connectivity index (χ2n) is 7.49. The Bertz CT molecular complexity index is 851. The lowest BCUT2D eigenvalue weighted by molar-refractivity contribution is -0.143. The molecular weight excluding hydrogens is 344 g/mol. The predicted octanol–water partition coefficient (Wildman–Crippen LogP) is 3.17. The monoisotopic (exact) mass is 368 g/mol. The fourth-order valence-corrected chi connectivity index (χ4v) is 4.18. The van der Waals surface area contributed by atoms with Crippen LogP contribution in [-0.2, 0) is 17.8 Å². The van der Waals surface area contributed by atoms with Gasteiger partial charge in [-0.2, -0.15) is 0 Å². The molecule has 1 unspecified atom stereocenters. The molecule has 0 radical (unpaired) electrons. The number of rotatable bonds is 4. The van der Waals surface area contributed by atoms with Crippen LogP contribution in [-0.4, -0.2) is 41.0 Å². The minimum Gasteiger partial charge on any atom is -0.481 e. The van der Waals surface area contributed by atoms with Crippen LogP contribution < -0.4 is 4.90 Å². The van der Waals surface area contributed by atoms with E-state index in [9.17, 15) is 9.59 Å². The third-order valence-corrected chi connectivity index (χ3v) is 5.76. The van der Waals surface area contributed by atoms with E-state index in [1.165, 1.54) is 11.3 Å². The van der Waals surface area contributed by atoms with Crippen LogP contribution in [0.2, 0.25) is 0 Å². The minimum atomic E-state index is -0.775. The van der Waals surface area contributed by atoms with E-state index in [-0.39, 0.29) is 11.8 Å². The summed E-state index contributed by atoms with van der Waals surface area (Å²) in [6.07, 6.45) is 3.56. The summed E-state index contributed by atoms with van der Waals surface area (Å²) in [6.45, 7) is 3.73. The first-order valence-electron chi connectivity index (χ1n) is 9.47. The zero-order chi connectivity index (χ0) is 19.0. The van der Waals surface area contributed by atoms with Crippen molar-refractivity contribution in [3.05, 3.63) is 53.5 Å². The zero-order valence-corrected chi connectivity index (χ0v) is 15.4. The molecule has 6 nitrogen and oxygen atoms in total. The number of anilines is 1. The number of carbonyl (C=O) groups excluding carboxylic acids is 1. The van der Waals surface area contributed by atoms with E-state index in [0.717, 1.165) is 12.0 Å². The van der Waals surface area contributed by atoms with E-state index >= 15 is 0 Å². The lowest BCUT2D eigenvalue weighted by Crippen LogP contribution is -2.40. The Morgan fingerprint density at radius 2 is 1.93 bits per heavy atom. The second kappa shape index (κ2) is 7.10. The topological polar surface area (TPSA) is 74.0 Å². The van der Waals surface area contributed by atoms with Crippen molar-refractivity contribution in [2.75, 3.05) is 18.0 Å². The molecule has 2 aliphatic heterocycles. The van der Waals surface area contributed by atoms with Crippen molar-refractivity contribution in [1.29, 1.82) is 0 Å². The molecule has 1 atom stereocenters. The van der Waals surface area contributed by atoms with Gasteiger partial charge in [0.15, 0.2) is 5.76 Å². The summed E-state index contributed by atoms with van der Waals surface area (Å²) in [5.41, 5.74) is 3.42. The lowest BCUT2D eigenvalue weighted by Gasteiger charge is -2.30. The fraction of sp³-hybridized carbons (Fsp3) is 0.429. The molecule has 0 saturated carbocycles. The average molecular weight is 368 g/mol. The molecule has 142 valence electrons. The first-order chi connectivity index (χ1) is 13.0. The molecule has 1 aromatic heterocycles. The van der Waals surface area contributed by atoms with Crippen LogP contribution >= 0.6 is 0 Å². The van der Waals surface area contributed by atoms with Crippen LogP contribution in [0.5, 0.6) is 0 Å². The quantitative estimate of drug-likeness (QED) is 0.897. The number of benzene rings is 1. The minimum absolute atomic E-state index is 0.140. The van der Waals surface area contributed by atoms with Crippen LogP contribution in [0.1, 0.15) is 41.4 Å². The van der Waals surface area contributed by atoms with Gasteiger partial charge in [-0.1, -0.05) is 18.2 Å². The largest absolute Gasteiger partial charge is 0.481 e. The van der Waals surface area contributed by atoms with Crippen molar-refractivity contribution >= 4 is 17.6 Å². The van der Waals surface area contributed by atoms with Gasteiger partial charge < -0.3 is 19.3 Å². The molecule has 6 heteroatoms. The normalized spacial score (nSPS) is 20.0. The summed E-state index contributed by atoms with van der Waals surface area (Å²) in [7, 11) is 0.